The van der Waals surface area contributed by atoms with Crippen LogP contribution in [0.15, 0.2) is 47.4 Å². The molecule has 1 fully saturated rings. The van der Waals surface area contributed by atoms with Crippen LogP contribution < -0.4 is 10.0 Å². The Kier molecular flexibility index (Phi) is 6.49. The molecule has 29 heavy (non-hydrogen) atoms. The Morgan fingerprint density at radius 1 is 1.10 bits per heavy atom. The predicted molar refractivity (Wildman–Crippen MR) is 116 cm³/mol. The molecular formula is C20H23N3O4S2. The van der Waals surface area contributed by atoms with E-state index in [-0.39, 0.29) is 22.5 Å². The first kappa shape index (κ1) is 21.2. The molecule has 1 aliphatic rings. The van der Waals surface area contributed by atoms with Crippen molar-refractivity contribution in [3.8, 4) is 0 Å². The van der Waals surface area contributed by atoms with Crippen LogP contribution in [0, 0.1) is 13.8 Å². The number of hydrogen-bond donors (Lipinski definition) is 2. The summed E-state index contributed by atoms with van der Waals surface area (Å²) in [5.41, 5.74) is 2.75. The van der Waals surface area contributed by atoms with Gasteiger partial charge in [0, 0.05) is 31.0 Å². The predicted octanol–water partition coefficient (Wildman–Crippen LogP) is 3.60. The molecule has 2 N–H and O–H groups in total. The van der Waals surface area contributed by atoms with E-state index in [2.05, 4.69) is 10.0 Å². The van der Waals surface area contributed by atoms with Gasteiger partial charge in [-0.1, -0.05) is 30.0 Å². The van der Waals surface area contributed by atoms with Crippen LogP contribution in [0.3, 0.4) is 0 Å². The van der Waals surface area contributed by atoms with E-state index in [9.17, 15) is 18.0 Å². The molecule has 0 bridgehead atoms. The summed E-state index contributed by atoms with van der Waals surface area (Å²) in [6.07, 6.45) is 0.195. The monoisotopic (exact) mass is 433 g/mol. The van der Waals surface area contributed by atoms with E-state index in [0.717, 1.165) is 16.9 Å². The molecule has 9 heteroatoms. The van der Waals surface area contributed by atoms with Gasteiger partial charge in [-0.05, 0) is 49.2 Å². The molecule has 1 heterocycles. The lowest BCUT2D eigenvalue weighted by Crippen LogP contribution is -2.27. The van der Waals surface area contributed by atoms with Gasteiger partial charge in [0.05, 0.1) is 10.6 Å². The maximum atomic E-state index is 12.7. The SMILES string of the molecule is Cc1cccc(C)c1NS(=O)(=O)c1ccc(NC(=O)CCN2CCSC2=O)cc1. The van der Waals surface area contributed by atoms with Crippen LogP contribution in [0.2, 0.25) is 0 Å². The highest BCUT2D eigenvalue weighted by Gasteiger charge is 2.21. The van der Waals surface area contributed by atoms with Gasteiger partial charge in [-0.15, -0.1) is 0 Å². The zero-order valence-corrected chi connectivity index (χ0v) is 17.9. The van der Waals surface area contributed by atoms with Crippen molar-refractivity contribution < 1.29 is 18.0 Å². The van der Waals surface area contributed by atoms with Crippen LogP contribution in [-0.2, 0) is 14.8 Å². The third kappa shape index (κ3) is 5.30. The summed E-state index contributed by atoms with van der Waals surface area (Å²) in [7, 11) is -3.74. The number of para-hydroxylation sites is 1. The minimum Gasteiger partial charge on any atom is -0.332 e. The van der Waals surface area contributed by atoms with E-state index >= 15 is 0 Å². The van der Waals surface area contributed by atoms with Gasteiger partial charge in [0.1, 0.15) is 0 Å². The molecule has 1 saturated heterocycles. The van der Waals surface area contributed by atoms with E-state index < -0.39 is 10.0 Å². The van der Waals surface area contributed by atoms with Crippen molar-refractivity contribution in [1.29, 1.82) is 0 Å². The molecule has 2 aromatic rings. The average Bonchev–Trinajstić information content (AvgIpc) is 3.08. The van der Waals surface area contributed by atoms with Gasteiger partial charge in [0.2, 0.25) is 5.91 Å². The minimum absolute atomic E-state index is 0.00347. The van der Waals surface area contributed by atoms with Gasteiger partial charge < -0.3 is 10.2 Å². The smallest absolute Gasteiger partial charge is 0.281 e. The summed E-state index contributed by atoms with van der Waals surface area (Å²) in [6, 6.07) is 11.6. The van der Waals surface area contributed by atoms with Crippen LogP contribution in [0.4, 0.5) is 16.2 Å². The summed E-state index contributed by atoms with van der Waals surface area (Å²) >= 11 is 1.26. The van der Waals surface area contributed by atoms with Gasteiger partial charge >= 0.3 is 0 Å². The summed E-state index contributed by atoms with van der Waals surface area (Å²) < 4.78 is 28.0. The Balaban J connectivity index is 1.61. The van der Waals surface area contributed by atoms with Crippen molar-refractivity contribution in [3.05, 3.63) is 53.6 Å². The lowest BCUT2D eigenvalue weighted by molar-refractivity contribution is -0.116. The maximum Gasteiger partial charge on any atom is 0.281 e. The zero-order chi connectivity index (χ0) is 21.0. The molecule has 0 spiro atoms. The van der Waals surface area contributed by atoms with Crippen LogP contribution in [-0.4, -0.2) is 43.3 Å². The number of carbonyl (C=O) groups excluding carboxylic acids is 2. The van der Waals surface area contributed by atoms with Crippen molar-refractivity contribution in [1.82, 2.24) is 4.90 Å². The summed E-state index contributed by atoms with van der Waals surface area (Å²) in [5.74, 6) is 0.533. The standard InChI is InChI=1S/C20H23N3O4S2/c1-14-4-3-5-15(2)19(14)22-29(26,27)17-8-6-16(7-9-17)21-18(24)10-11-23-12-13-28-20(23)25/h3-9,22H,10-13H2,1-2H3,(H,21,24). The number of thioether (sulfide) groups is 1. The zero-order valence-electron chi connectivity index (χ0n) is 16.3. The number of carbonyl (C=O) groups is 2. The second kappa shape index (κ2) is 8.87. The van der Waals surface area contributed by atoms with E-state index in [1.54, 1.807) is 17.0 Å². The highest BCUT2D eigenvalue weighted by molar-refractivity contribution is 8.13. The van der Waals surface area contributed by atoms with Gasteiger partial charge in [0.15, 0.2) is 0 Å². The summed E-state index contributed by atoms with van der Waals surface area (Å²) in [5, 5.41) is 2.73. The molecule has 7 nitrogen and oxygen atoms in total. The fourth-order valence-corrected chi connectivity index (χ4v) is 5.03. The van der Waals surface area contributed by atoms with Gasteiger partial charge in [-0.3, -0.25) is 14.3 Å². The second-order valence-corrected chi connectivity index (χ2v) is 9.52. The topological polar surface area (TPSA) is 95.6 Å². The molecule has 3 rings (SSSR count). The molecule has 2 amide bonds. The molecule has 0 unspecified atom stereocenters. The Bertz CT molecular complexity index is 1000. The molecule has 2 aromatic carbocycles. The first-order chi connectivity index (χ1) is 13.8. The fraction of sp³-hybridized carbons (Fsp3) is 0.300. The Labute approximate surface area is 174 Å². The number of hydrogen-bond acceptors (Lipinski definition) is 5. The number of rotatable bonds is 7. The molecule has 154 valence electrons. The first-order valence-corrected chi connectivity index (χ1v) is 11.6. The van der Waals surface area contributed by atoms with Gasteiger partial charge in [0.25, 0.3) is 15.3 Å². The number of benzene rings is 2. The number of nitrogens with zero attached hydrogens (tertiary/aromatic N) is 1. The molecular weight excluding hydrogens is 410 g/mol. The van der Waals surface area contributed by atoms with Crippen molar-refractivity contribution in [2.75, 3.05) is 28.9 Å². The highest BCUT2D eigenvalue weighted by atomic mass is 32.2. The lowest BCUT2D eigenvalue weighted by atomic mass is 10.1. The van der Waals surface area contributed by atoms with Gasteiger partial charge in [-0.2, -0.15) is 0 Å². The van der Waals surface area contributed by atoms with Crippen molar-refractivity contribution in [2.24, 2.45) is 0 Å². The Morgan fingerprint density at radius 2 is 1.76 bits per heavy atom. The molecule has 0 saturated carbocycles. The summed E-state index contributed by atoms with van der Waals surface area (Å²) in [6.45, 7) is 4.73. The second-order valence-electron chi connectivity index (χ2n) is 6.80. The summed E-state index contributed by atoms with van der Waals surface area (Å²) in [4.78, 5) is 25.4. The third-order valence-corrected chi connectivity index (χ3v) is 6.88. The van der Waals surface area contributed by atoms with E-state index in [1.807, 2.05) is 32.0 Å². The first-order valence-electron chi connectivity index (χ1n) is 9.17. The third-order valence-electron chi connectivity index (χ3n) is 4.62. The molecule has 0 aromatic heterocycles. The Hall–Kier alpha value is -2.52. The lowest BCUT2D eigenvalue weighted by Gasteiger charge is -2.14. The van der Waals surface area contributed by atoms with Crippen LogP contribution in [0.25, 0.3) is 0 Å². The van der Waals surface area contributed by atoms with Crippen molar-refractivity contribution in [3.63, 3.8) is 0 Å². The van der Waals surface area contributed by atoms with Crippen LogP contribution >= 0.6 is 11.8 Å². The van der Waals surface area contributed by atoms with Crippen molar-refractivity contribution >= 4 is 44.3 Å². The van der Waals surface area contributed by atoms with Crippen LogP contribution in [0.1, 0.15) is 17.5 Å². The van der Waals surface area contributed by atoms with Crippen molar-refractivity contribution in [2.45, 2.75) is 25.2 Å². The van der Waals surface area contributed by atoms with Gasteiger partial charge in [-0.25, -0.2) is 8.42 Å². The van der Waals surface area contributed by atoms with E-state index in [4.69, 9.17) is 0 Å². The number of anilines is 2. The minimum atomic E-state index is -3.74. The fourth-order valence-electron chi connectivity index (χ4n) is 2.97. The molecule has 0 aliphatic carbocycles. The molecule has 1 aliphatic heterocycles. The highest BCUT2D eigenvalue weighted by Crippen LogP contribution is 2.24. The van der Waals surface area contributed by atoms with E-state index in [1.165, 1.54) is 23.9 Å². The number of nitrogens with one attached hydrogen (secondary N) is 2. The number of amides is 2. The average molecular weight is 434 g/mol. The molecule has 0 atom stereocenters. The quantitative estimate of drug-likeness (QED) is 0.696. The van der Waals surface area contributed by atoms with Crippen LogP contribution in [0.5, 0.6) is 0 Å². The van der Waals surface area contributed by atoms with E-state index in [0.29, 0.717) is 24.5 Å². The maximum absolute atomic E-state index is 12.7. The number of sulfonamides is 1. The normalized spacial score (nSPS) is 14.1. The largest absolute Gasteiger partial charge is 0.332 e. The molecule has 0 radical (unpaired) electrons. The number of aryl methyl sites for hydroxylation is 2. The Morgan fingerprint density at radius 3 is 2.34 bits per heavy atom.